The summed E-state index contributed by atoms with van der Waals surface area (Å²) in [5.41, 5.74) is 0.957. The molecule has 0 aliphatic carbocycles. The Hall–Kier alpha value is -3.94. The summed E-state index contributed by atoms with van der Waals surface area (Å²) in [6.07, 6.45) is -0.570. The summed E-state index contributed by atoms with van der Waals surface area (Å²) in [6.45, 7) is 1.97. The number of hydrogen-bond donors (Lipinski definition) is 2. The molecule has 0 saturated heterocycles. The van der Waals surface area contributed by atoms with E-state index >= 15 is 0 Å². The third-order valence-electron chi connectivity index (χ3n) is 4.92. The van der Waals surface area contributed by atoms with Crippen molar-refractivity contribution in [2.24, 2.45) is 0 Å². The molecule has 0 aliphatic rings. The number of hydrogen-bond acceptors (Lipinski definition) is 6. The first-order valence-corrected chi connectivity index (χ1v) is 10.1. The van der Waals surface area contributed by atoms with Crippen molar-refractivity contribution in [3.05, 3.63) is 48.0 Å². The number of benzene rings is 3. The summed E-state index contributed by atoms with van der Waals surface area (Å²) >= 11 is 0. The Morgan fingerprint density at radius 3 is 1.62 bits per heavy atom. The smallest absolute Gasteiger partial charge is 0.311 e. The molecule has 3 aromatic rings. The number of carbonyl (C=O) groups is 4. The second-order valence-electron chi connectivity index (χ2n) is 7.17. The Morgan fingerprint density at radius 2 is 1.16 bits per heavy atom. The lowest BCUT2D eigenvalue weighted by molar-refractivity contribution is -0.142. The predicted molar refractivity (Wildman–Crippen MR) is 116 cm³/mol. The molecule has 8 nitrogen and oxygen atoms in total. The third-order valence-corrected chi connectivity index (χ3v) is 4.92. The summed E-state index contributed by atoms with van der Waals surface area (Å²) in [7, 11) is 0. The van der Waals surface area contributed by atoms with Gasteiger partial charge in [0.05, 0.1) is 25.7 Å². The highest BCUT2D eigenvalue weighted by molar-refractivity contribution is 6.13. The van der Waals surface area contributed by atoms with Crippen molar-refractivity contribution in [3.8, 4) is 11.5 Å². The number of esters is 2. The van der Waals surface area contributed by atoms with Gasteiger partial charge in [-0.05, 0) is 18.1 Å². The molecule has 0 spiro atoms. The van der Waals surface area contributed by atoms with E-state index in [0.29, 0.717) is 28.0 Å². The zero-order valence-electron chi connectivity index (χ0n) is 17.4. The maximum Gasteiger partial charge on any atom is 0.311 e. The van der Waals surface area contributed by atoms with Crippen LogP contribution >= 0.6 is 0 Å². The normalized spacial score (nSPS) is 10.8. The van der Waals surface area contributed by atoms with E-state index in [9.17, 15) is 19.2 Å². The van der Waals surface area contributed by atoms with Gasteiger partial charge in [0.15, 0.2) is 0 Å². The number of aliphatic carboxylic acids is 2. The largest absolute Gasteiger partial charge is 0.481 e. The molecule has 8 heteroatoms. The molecular formula is C24H22O8. The molecule has 0 unspecified atom stereocenters. The molecule has 0 aromatic heterocycles. The molecule has 0 fully saturated rings. The molecule has 0 amide bonds. The average molecular weight is 438 g/mol. The van der Waals surface area contributed by atoms with Crippen LogP contribution in [0.2, 0.25) is 0 Å². The number of carbonyl (C=O) groups excluding carboxylic acids is 2. The molecule has 3 aromatic carbocycles. The maximum absolute atomic E-state index is 12.3. The number of ether oxygens (including phenoxy) is 2. The first-order chi connectivity index (χ1) is 15.3. The third kappa shape index (κ3) is 5.21. The molecule has 0 atom stereocenters. The Bertz CT molecular complexity index is 1210. The lowest BCUT2D eigenvalue weighted by Gasteiger charge is -2.17. The Balaban J connectivity index is 2.15. The molecule has 3 rings (SSSR count). The topological polar surface area (TPSA) is 127 Å². The van der Waals surface area contributed by atoms with Crippen LogP contribution in [-0.2, 0) is 25.6 Å². The predicted octanol–water partition coefficient (Wildman–Crippen LogP) is 4.10. The first-order valence-electron chi connectivity index (χ1n) is 10.1. The first kappa shape index (κ1) is 22.7. The summed E-state index contributed by atoms with van der Waals surface area (Å²) in [5, 5.41) is 19.8. The standard InChI is InChI=1S/C24H22O8/c1-2-14-7-8-17-18(13-14)24(32-22(30)12-10-20(27)28)16-6-4-3-5-15(16)23(17)31-21(29)11-9-19(25)26/h3-8,13H,2,9-12H2,1H3,(H,25,26)(H,27,28). The van der Waals surface area contributed by atoms with Gasteiger partial charge >= 0.3 is 23.9 Å². The van der Waals surface area contributed by atoms with E-state index in [-0.39, 0.29) is 37.2 Å². The van der Waals surface area contributed by atoms with E-state index in [1.165, 1.54) is 0 Å². The van der Waals surface area contributed by atoms with E-state index < -0.39 is 23.9 Å². The monoisotopic (exact) mass is 438 g/mol. The summed E-state index contributed by atoms with van der Waals surface area (Å²) in [4.78, 5) is 46.3. The van der Waals surface area contributed by atoms with Crippen molar-refractivity contribution in [3.63, 3.8) is 0 Å². The summed E-state index contributed by atoms with van der Waals surface area (Å²) in [5.74, 6) is -3.08. The zero-order valence-corrected chi connectivity index (χ0v) is 17.4. The molecular weight excluding hydrogens is 416 g/mol. The van der Waals surface area contributed by atoms with Crippen molar-refractivity contribution in [1.82, 2.24) is 0 Å². The molecule has 166 valence electrons. The van der Waals surface area contributed by atoms with Crippen molar-refractivity contribution in [1.29, 1.82) is 0 Å². The van der Waals surface area contributed by atoms with Crippen LogP contribution in [0.5, 0.6) is 11.5 Å². The fourth-order valence-electron chi connectivity index (χ4n) is 3.33. The van der Waals surface area contributed by atoms with Gasteiger partial charge in [-0.25, -0.2) is 0 Å². The molecule has 0 bridgehead atoms. The van der Waals surface area contributed by atoms with Gasteiger partial charge in [-0.3, -0.25) is 19.2 Å². The number of rotatable bonds is 9. The van der Waals surface area contributed by atoms with Gasteiger partial charge in [-0.15, -0.1) is 0 Å². The van der Waals surface area contributed by atoms with Gasteiger partial charge < -0.3 is 19.7 Å². The minimum atomic E-state index is -1.10. The van der Waals surface area contributed by atoms with Gasteiger partial charge in [0.1, 0.15) is 11.5 Å². The maximum atomic E-state index is 12.3. The van der Waals surface area contributed by atoms with E-state index in [1.54, 1.807) is 30.3 Å². The fourth-order valence-corrected chi connectivity index (χ4v) is 3.33. The lowest BCUT2D eigenvalue weighted by atomic mass is 9.98. The Kier molecular flexibility index (Phi) is 7.04. The van der Waals surface area contributed by atoms with Gasteiger partial charge in [-0.2, -0.15) is 0 Å². The quantitative estimate of drug-likeness (QED) is 0.290. The zero-order chi connectivity index (χ0) is 23.3. The minimum Gasteiger partial charge on any atom is -0.481 e. The van der Waals surface area contributed by atoms with Crippen LogP contribution in [0.15, 0.2) is 42.5 Å². The van der Waals surface area contributed by atoms with Gasteiger partial charge in [0.25, 0.3) is 0 Å². The Labute approximate surface area is 183 Å². The van der Waals surface area contributed by atoms with E-state index in [0.717, 1.165) is 5.56 Å². The van der Waals surface area contributed by atoms with E-state index in [4.69, 9.17) is 19.7 Å². The van der Waals surface area contributed by atoms with Crippen LogP contribution in [0, 0.1) is 0 Å². The molecule has 2 N–H and O–H groups in total. The summed E-state index contributed by atoms with van der Waals surface area (Å²) in [6, 6.07) is 12.3. The highest BCUT2D eigenvalue weighted by Crippen LogP contribution is 2.43. The number of fused-ring (bicyclic) bond motifs is 2. The highest BCUT2D eigenvalue weighted by atomic mass is 16.5. The van der Waals surface area contributed by atoms with Crippen LogP contribution in [0.4, 0.5) is 0 Å². The van der Waals surface area contributed by atoms with Crippen LogP contribution < -0.4 is 9.47 Å². The van der Waals surface area contributed by atoms with Crippen LogP contribution in [0.25, 0.3) is 21.5 Å². The molecule has 32 heavy (non-hydrogen) atoms. The van der Waals surface area contributed by atoms with Crippen molar-refractivity contribution in [2.45, 2.75) is 39.0 Å². The number of carboxylic acid groups (broad SMARTS) is 2. The van der Waals surface area contributed by atoms with Gasteiger partial charge in [0, 0.05) is 21.5 Å². The Morgan fingerprint density at radius 1 is 0.688 bits per heavy atom. The van der Waals surface area contributed by atoms with E-state index in [1.807, 2.05) is 19.1 Å². The van der Waals surface area contributed by atoms with Crippen molar-refractivity contribution < 1.29 is 38.9 Å². The van der Waals surface area contributed by atoms with Crippen LogP contribution in [-0.4, -0.2) is 34.1 Å². The summed E-state index contributed by atoms with van der Waals surface area (Å²) < 4.78 is 11.2. The second kappa shape index (κ2) is 9.91. The van der Waals surface area contributed by atoms with Crippen LogP contribution in [0.1, 0.15) is 38.2 Å². The average Bonchev–Trinajstić information content (AvgIpc) is 2.77. The van der Waals surface area contributed by atoms with Gasteiger partial charge in [-0.1, -0.05) is 43.3 Å². The highest BCUT2D eigenvalue weighted by Gasteiger charge is 2.21. The van der Waals surface area contributed by atoms with E-state index in [2.05, 4.69) is 0 Å². The molecule has 0 heterocycles. The fraction of sp³-hybridized carbons (Fsp3) is 0.250. The molecule has 0 aliphatic heterocycles. The second-order valence-corrected chi connectivity index (χ2v) is 7.17. The number of aryl methyl sites for hydroxylation is 1. The van der Waals surface area contributed by atoms with Crippen molar-refractivity contribution in [2.75, 3.05) is 0 Å². The number of carboxylic acids is 2. The van der Waals surface area contributed by atoms with Gasteiger partial charge in [0.2, 0.25) is 0 Å². The SMILES string of the molecule is CCc1ccc2c(OC(=O)CCC(=O)O)c3ccccc3c(OC(=O)CCC(=O)O)c2c1. The van der Waals surface area contributed by atoms with Crippen LogP contribution in [0.3, 0.4) is 0 Å². The molecule has 0 radical (unpaired) electrons. The van der Waals surface area contributed by atoms with Crippen molar-refractivity contribution >= 4 is 45.4 Å². The lowest BCUT2D eigenvalue weighted by Crippen LogP contribution is -2.12. The molecule has 0 saturated carbocycles. The minimum absolute atomic E-state index is 0.249.